The van der Waals surface area contributed by atoms with E-state index in [1.165, 1.54) is 183 Å². The predicted molar refractivity (Wildman–Crippen MR) is 348 cm³/mol. The summed E-state index contributed by atoms with van der Waals surface area (Å²) in [5.74, 6) is 0. The van der Waals surface area contributed by atoms with Gasteiger partial charge in [0, 0.05) is 32.9 Å². The Bertz CT molecular complexity index is 4360. The fourth-order valence-corrected chi connectivity index (χ4v) is 14.4. The molecule has 0 saturated carbocycles. The highest BCUT2D eigenvalue weighted by Gasteiger charge is 2.20. The molecule has 81 heavy (non-hydrogen) atoms. The molecule has 0 aliphatic rings. The van der Waals surface area contributed by atoms with Gasteiger partial charge in [-0.15, -0.1) is 0 Å². The maximum absolute atomic E-state index is 2.46. The Morgan fingerprint density at radius 1 is 0.222 bits per heavy atom. The Balaban J connectivity index is 0.804. The summed E-state index contributed by atoms with van der Waals surface area (Å²) in [6.07, 6.45) is 0.854. The average Bonchev–Trinajstić information content (AvgIpc) is 4.07. The number of rotatable bonds is 9. The van der Waals surface area contributed by atoms with Gasteiger partial charge >= 0.3 is 0 Å². The lowest BCUT2D eigenvalue weighted by atomic mass is 9.91. The molecule has 2 aromatic heterocycles. The number of hydrogen-bond acceptors (Lipinski definition) is 0. The van der Waals surface area contributed by atoms with Crippen LogP contribution >= 0.6 is 0 Å². The first-order chi connectivity index (χ1) is 39.0. The van der Waals surface area contributed by atoms with Crippen LogP contribution in [0.2, 0.25) is 0 Å². The maximum atomic E-state index is 2.46. The molecule has 0 fully saturated rings. The van der Waals surface area contributed by atoms with Crippen LogP contribution in [0.3, 0.4) is 0 Å². The van der Waals surface area contributed by atoms with Gasteiger partial charge in [-0.05, 0) is 274 Å². The maximum Gasteiger partial charge on any atom is 0.0541 e. The Hall–Kier alpha value is -8.98. The van der Waals surface area contributed by atoms with Crippen LogP contribution in [0.15, 0.2) is 194 Å². The van der Waals surface area contributed by atoms with E-state index in [0.717, 1.165) is 12.1 Å². The molecule has 0 saturated heterocycles. The fraction of sp³-hybridized carbons (Fsp3) is 0.165. The highest BCUT2D eigenvalue weighted by atomic mass is 15.0. The van der Waals surface area contributed by atoms with Gasteiger partial charge in [-0.25, -0.2) is 0 Å². The minimum absolute atomic E-state index is 0.854. The zero-order chi connectivity index (χ0) is 56.1. The first-order valence-electron chi connectivity index (χ1n) is 28.8. The molecule has 2 heterocycles. The molecule has 13 aromatic rings. The monoisotopic (exact) mass is 1050 g/mol. The number of fused-ring (bicyclic) bond motifs is 6. The van der Waals surface area contributed by atoms with Crippen molar-refractivity contribution in [2.24, 2.45) is 0 Å². The van der Waals surface area contributed by atoms with E-state index in [1.54, 1.807) is 0 Å². The van der Waals surface area contributed by atoms with Gasteiger partial charge in [-0.2, -0.15) is 0 Å². The Labute approximate surface area is 478 Å². The summed E-state index contributed by atoms with van der Waals surface area (Å²) in [4.78, 5) is 0. The highest BCUT2D eigenvalue weighted by molar-refractivity contribution is 6.13. The zero-order valence-corrected chi connectivity index (χ0v) is 49.1. The van der Waals surface area contributed by atoms with Crippen molar-refractivity contribution < 1.29 is 0 Å². The quantitative estimate of drug-likeness (QED) is 0.136. The highest BCUT2D eigenvalue weighted by Crippen LogP contribution is 2.43. The van der Waals surface area contributed by atoms with E-state index in [9.17, 15) is 0 Å². The summed E-state index contributed by atoms with van der Waals surface area (Å²) in [7, 11) is 0. The lowest BCUT2D eigenvalue weighted by Gasteiger charge is -2.13. The summed E-state index contributed by atoms with van der Waals surface area (Å²) in [5, 5.41) is 5.07. The molecule has 0 spiro atoms. The molecule has 0 aliphatic heterocycles. The lowest BCUT2D eigenvalue weighted by molar-refractivity contribution is 1.15. The van der Waals surface area contributed by atoms with E-state index in [4.69, 9.17) is 0 Å². The Kier molecular flexibility index (Phi) is 12.7. The third-order valence-corrected chi connectivity index (χ3v) is 17.4. The average molecular weight is 1050 g/mol. The largest absolute Gasteiger partial charge is 0.309 e. The van der Waals surface area contributed by atoms with E-state index < -0.39 is 0 Å². The molecule has 2 nitrogen and oxygen atoms in total. The van der Waals surface area contributed by atoms with Gasteiger partial charge in [-0.1, -0.05) is 144 Å². The molecule has 2 heteroatoms. The molecule has 0 bridgehead atoms. The van der Waals surface area contributed by atoms with Crippen molar-refractivity contribution in [3.8, 4) is 67.0 Å². The van der Waals surface area contributed by atoms with Crippen molar-refractivity contribution in [2.75, 3.05) is 0 Å². The second-order valence-corrected chi connectivity index (χ2v) is 23.8. The summed E-state index contributed by atoms with van der Waals surface area (Å²) < 4.78 is 4.91. The minimum atomic E-state index is 0.854. The van der Waals surface area contributed by atoms with Crippen molar-refractivity contribution in [3.63, 3.8) is 0 Å². The smallest absolute Gasteiger partial charge is 0.0541 e. The molecule has 13 rings (SSSR count). The van der Waals surface area contributed by atoms with Gasteiger partial charge in [0.1, 0.15) is 0 Å². The molecule has 0 aliphatic carbocycles. The molecule has 396 valence electrons. The summed E-state index contributed by atoms with van der Waals surface area (Å²) >= 11 is 0. The van der Waals surface area contributed by atoms with E-state index in [-0.39, 0.29) is 0 Å². The Morgan fingerprint density at radius 3 is 0.691 bits per heavy atom. The van der Waals surface area contributed by atoms with Crippen LogP contribution in [0.4, 0.5) is 0 Å². The van der Waals surface area contributed by atoms with Gasteiger partial charge in [0.15, 0.2) is 0 Å². The molecular weight excluding hydrogens is 977 g/mol. The first-order valence-corrected chi connectivity index (χ1v) is 28.8. The van der Waals surface area contributed by atoms with E-state index in [1.807, 2.05) is 0 Å². The third kappa shape index (κ3) is 9.08. The summed E-state index contributed by atoms with van der Waals surface area (Å²) in [6, 6.07) is 74.4. The number of benzene rings is 11. The lowest BCUT2D eigenvalue weighted by Crippen LogP contribution is -1.96. The van der Waals surface area contributed by atoms with Gasteiger partial charge in [0.2, 0.25) is 0 Å². The molecule has 0 atom stereocenters. The van der Waals surface area contributed by atoms with Gasteiger partial charge in [-0.3, -0.25) is 0 Å². The third-order valence-electron chi connectivity index (χ3n) is 17.4. The standard InChI is InChI=1S/C79H70N2/c1-46-33-50(5)76(51(6)34-46)62-21-29-72-68(42-62)69-43-63(77-52(7)35-47(2)36-53(77)8)22-30-73(69)80(72)66-25-15-59(16-26-66)41-58-13-17-60(18-14-58)61-19-27-67(28-20-61)81-74-31-23-64(78-54(9)37-48(3)38-55(78)10)44-70(74)71-45-65(24-32-75(71)81)79-56(11)39-49(4)40-57(79)12/h13-40,42-45H,41H2,1-12H3. The van der Waals surface area contributed by atoms with Crippen LogP contribution in [0.1, 0.15) is 77.9 Å². The molecule has 0 unspecified atom stereocenters. The van der Waals surface area contributed by atoms with Crippen LogP contribution < -0.4 is 0 Å². The number of hydrogen-bond donors (Lipinski definition) is 0. The predicted octanol–water partition coefficient (Wildman–Crippen LogP) is 21.5. The molecular formula is C79H70N2. The summed E-state index contributed by atoms with van der Waals surface area (Å²) in [6.45, 7) is 26.7. The number of aromatic nitrogens is 2. The van der Waals surface area contributed by atoms with Crippen molar-refractivity contribution in [1.82, 2.24) is 9.13 Å². The number of aryl methyl sites for hydroxylation is 12. The molecule has 0 radical (unpaired) electrons. The minimum Gasteiger partial charge on any atom is -0.309 e. The van der Waals surface area contributed by atoms with Crippen LogP contribution in [0, 0.1) is 83.1 Å². The van der Waals surface area contributed by atoms with Crippen LogP contribution in [-0.4, -0.2) is 9.13 Å². The van der Waals surface area contributed by atoms with Crippen molar-refractivity contribution in [2.45, 2.75) is 89.5 Å². The zero-order valence-electron chi connectivity index (χ0n) is 49.1. The first kappa shape index (κ1) is 51.5. The van der Waals surface area contributed by atoms with E-state index in [0.29, 0.717) is 0 Å². The van der Waals surface area contributed by atoms with Gasteiger partial charge < -0.3 is 9.13 Å². The van der Waals surface area contributed by atoms with Crippen LogP contribution in [0.5, 0.6) is 0 Å². The van der Waals surface area contributed by atoms with Crippen LogP contribution in [0.25, 0.3) is 111 Å². The molecule has 11 aromatic carbocycles. The van der Waals surface area contributed by atoms with Crippen LogP contribution in [-0.2, 0) is 6.42 Å². The van der Waals surface area contributed by atoms with Gasteiger partial charge in [0.25, 0.3) is 0 Å². The second kappa shape index (κ2) is 20.0. The molecule has 0 amide bonds. The fourth-order valence-electron chi connectivity index (χ4n) is 14.4. The molecule has 0 N–H and O–H groups in total. The normalized spacial score (nSPS) is 11.8. The topological polar surface area (TPSA) is 9.86 Å². The Morgan fingerprint density at radius 2 is 0.432 bits per heavy atom. The van der Waals surface area contributed by atoms with E-state index >= 15 is 0 Å². The SMILES string of the molecule is Cc1cc(C)c(-c2ccc3c(c2)c2cc(-c4c(C)cc(C)cc4C)ccc2n3-c2ccc(Cc3ccc(-c4ccc(-n5c6ccc(-c7c(C)cc(C)cc7C)cc6c6cc(-c7c(C)cc(C)cc7C)ccc65)cc4)cc3)cc2)c(C)c1. The van der Waals surface area contributed by atoms with Gasteiger partial charge in [0.05, 0.1) is 22.1 Å². The van der Waals surface area contributed by atoms with Crippen molar-refractivity contribution in [1.29, 1.82) is 0 Å². The summed E-state index contributed by atoms with van der Waals surface area (Å²) in [5.41, 5.74) is 38.2. The van der Waals surface area contributed by atoms with Crippen molar-refractivity contribution >= 4 is 43.6 Å². The van der Waals surface area contributed by atoms with Crippen molar-refractivity contribution in [3.05, 3.63) is 272 Å². The number of nitrogens with zero attached hydrogens (tertiary/aromatic N) is 2. The second-order valence-electron chi connectivity index (χ2n) is 23.8. The van der Waals surface area contributed by atoms with E-state index in [2.05, 4.69) is 286 Å².